The Morgan fingerprint density at radius 3 is 2.73 bits per heavy atom. The molecule has 0 aliphatic carbocycles. The van der Waals surface area contributed by atoms with E-state index < -0.39 is 0 Å². The van der Waals surface area contributed by atoms with E-state index in [9.17, 15) is 9.59 Å². The molecule has 6 heteroatoms. The molecule has 0 fully saturated rings. The standard InChI is InChI=1S/C20H20N4O2/c1-2-22-19(25)16-7-3-8-17(12-16)23-20(26)18-9-5-11-24(18)14-15-6-4-10-21-13-15/h3-13H,2,14H2,1H3,(H,22,25)(H,23,26). The van der Waals surface area contributed by atoms with Gasteiger partial charge in [0.2, 0.25) is 0 Å². The third-order valence-electron chi connectivity index (χ3n) is 3.86. The Kier molecular flexibility index (Phi) is 5.43. The van der Waals surface area contributed by atoms with Crippen molar-refractivity contribution in [3.8, 4) is 0 Å². The third-order valence-corrected chi connectivity index (χ3v) is 3.86. The monoisotopic (exact) mass is 348 g/mol. The van der Waals surface area contributed by atoms with Gasteiger partial charge in [0.25, 0.3) is 11.8 Å². The van der Waals surface area contributed by atoms with Gasteiger partial charge in [0.1, 0.15) is 5.69 Å². The molecule has 2 N–H and O–H groups in total. The highest BCUT2D eigenvalue weighted by molar-refractivity contribution is 6.04. The van der Waals surface area contributed by atoms with Gasteiger partial charge in [-0.1, -0.05) is 12.1 Å². The van der Waals surface area contributed by atoms with Gasteiger partial charge in [-0.05, 0) is 48.9 Å². The number of carbonyl (C=O) groups is 2. The average molecular weight is 348 g/mol. The second-order valence-corrected chi connectivity index (χ2v) is 5.78. The number of anilines is 1. The zero-order valence-corrected chi connectivity index (χ0v) is 14.5. The molecule has 0 unspecified atom stereocenters. The fraction of sp³-hybridized carbons (Fsp3) is 0.150. The summed E-state index contributed by atoms with van der Waals surface area (Å²) in [6.45, 7) is 2.97. The number of benzene rings is 1. The highest BCUT2D eigenvalue weighted by Crippen LogP contribution is 2.14. The maximum atomic E-state index is 12.6. The molecule has 0 aliphatic rings. The Labute approximate surface area is 151 Å². The summed E-state index contributed by atoms with van der Waals surface area (Å²) in [7, 11) is 0. The van der Waals surface area contributed by atoms with Crippen molar-refractivity contribution >= 4 is 17.5 Å². The van der Waals surface area contributed by atoms with Gasteiger partial charge in [0, 0.05) is 42.9 Å². The lowest BCUT2D eigenvalue weighted by Crippen LogP contribution is -2.23. The van der Waals surface area contributed by atoms with Crippen molar-refractivity contribution in [3.05, 3.63) is 83.9 Å². The SMILES string of the molecule is CCNC(=O)c1cccc(NC(=O)c2cccn2Cc2cccnc2)c1. The van der Waals surface area contributed by atoms with Crippen LogP contribution >= 0.6 is 0 Å². The van der Waals surface area contributed by atoms with Crippen molar-refractivity contribution in [3.63, 3.8) is 0 Å². The van der Waals surface area contributed by atoms with Crippen LogP contribution < -0.4 is 10.6 Å². The number of pyridine rings is 1. The number of hydrogen-bond donors (Lipinski definition) is 2. The van der Waals surface area contributed by atoms with Gasteiger partial charge in [-0.3, -0.25) is 14.6 Å². The summed E-state index contributed by atoms with van der Waals surface area (Å²) < 4.78 is 1.86. The minimum absolute atomic E-state index is 0.163. The van der Waals surface area contributed by atoms with E-state index in [2.05, 4.69) is 15.6 Å². The lowest BCUT2D eigenvalue weighted by molar-refractivity contribution is 0.0954. The van der Waals surface area contributed by atoms with Crippen LogP contribution in [0.5, 0.6) is 0 Å². The minimum Gasteiger partial charge on any atom is -0.352 e. The summed E-state index contributed by atoms with van der Waals surface area (Å²) >= 11 is 0. The van der Waals surface area contributed by atoms with Gasteiger partial charge < -0.3 is 15.2 Å². The molecule has 2 heterocycles. The normalized spacial score (nSPS) is 10.3. The highest BCUT2D eigenvalue weighted by Gasteiger charge is 2.12. The summed E-state index contributed by atoms with van der Waals surface area (Å²) in [5.41, 5.74) is 2.64. The molecule has 1 aromatic carbocycles. The Bertz CT molecular complexity index is 903. The van der Waals surface area contributed by atoms with E-state index in [-0.39, 0.29) is 11.8 Å². The van der Waals surface area contributed by atoms with Gasteiger partial charge in [-0.15, -0.1) is 0 Å². The molecule has 0 saturated carbocycles. The first-order valence-corrected chi connectivity index (χ1v) is 8.41. The van der Waals surface area contributed by atoms with Crippen LogP contribution in [0.4, 0.5) is 5.69 Å². The van der Waals surface area contributed by atoms with Crippen molar-refractivity contribution in [1.82, 2.24) is 14.9 Å². The van der Waals surface area contributed by atoms with E-state index in [0.29, 0.717) is 30.0 Å². The first-order valence-electron chi connectivity index (χ1n) is 8.41. The van der Waals surface area contributed by atoms with Gasteiger partial charge in [-0.25, -0.2) is 0 Å². The van der Waals surface area contributed by atoms with E-state index in [1.54, 1.807) is 42.7 Å². The topological polar surface area (TPSA) is 76.0 Å². The van der Waals surface area contributed by atoms with Crippen molar-refractivity contribution in [2.75, 3.05) is 11.9 Å². The molecule has 6 nitrogen and oxygen atoms in total. The molecule has 0 radical (unpaired) electrons. The molecular weight excluding hydrogens is 328 g/mol. The van der Waals surface area contributed by atoms with E-state index in [1.807, 2.05) is 35.9 Å². The van der Waals surface area contributed by atoms with Crippen LogP contribution in [0.15, 0.2) is 67.1 Å². The third kappa shape index (κ3) is 4.16. The number of amides is 2. The Hall–Kier alpha value is -3.41. The molecular formula is C20H20N4O2. The minimum atomic E-state index is -0.230. The zero-order chi connectivity index (χ0) is 18.4. The quantitative estimate of drug-likeness (QED) is 0.719. The largest absolute Gasteiger partial charge is 0.352 e. The van der Waals surface area contributed by atoms with Crippen LogP contribution in [-0.4, -0.2) is 27.9 Å². The summed E-state index contributed by atoms with van der Waals surface area (Å²) in [5.74, 6) is -0.393. The fourth-order valence-electron chi connectivity index (χ4n) is 2.64. The predicted molar refractivity (Wildman–Crippen MR) is 100 cm³/mol. The number of aromatic nitrogens is 2. The Morgan fingerprint density at radius 2 is 1.96 bits per heavy atom. The lowest BCUT2D eigenvalue weighted by atomic mass is 10.2. The summed E-state index contributed by atoms with van der Waals surface area (Å²) in [6.07, 6.45) is 5.35. The second-order valence-electron chi connectivity index (χ2n) is 5.78. The smallest absolute Gasteiger partial charge is 0.272 e. The van der Waals surface area contributed by atoms with Crippen molar-refractivity contribution < 1.29 is 9.59 Å². The maximum Gasteiger partial charge on any atom is 0.272 e. The van der Waals surface area contributed by atoms with Crippen LogP contribution in [-0.2, 0) is 6.54 Å². The Balaban J connectivity index is 1.74. The summed E-state index contributed by atoms with van der Waals surface area (Å²) in [5, 5.41) is 5.60. The summed E-state index contributed by atoms with van der Waals surface area (Å²) in [6, 6.07) is 14.3. The van der Waals surface area contributed by atoms with Crippen molar-refractivity contribution in [1.29, 1.82) is 0 Å². The van der Waals surface area contributed by atoms with E-state index in [0.717, 1.165) is 5.56 Å². The van der Waals surface area contributed by atoms with Crippen LogP contribution in [0.1, 0.15) is 33.3 Å². The van der Waals surface area contributed by atoms with Crippen molar-refractivity contribution in [2.24, 2.45) is 0 Å². The van der Waals surface area contributed by atoms with E-state index >= 15 is 0 Å². The van der Waals surface area contributed by atoms with Crippen LogP contribution in [0, 0.1) is 0 Å². The summed E-state index contributed by atoms with van der Waals surface area (Å²) in [4.78, 5) is 28.7. The fourth-order valence-corrected chi connectivity index (χ4v) is 2.64. The number of hydrogen-bond acceptors (Lipinski definition) is 3. The molecule has 132 valence electrons. The van der Waals surface area contributed by atoms with Gasteiger partial charge in [0.05, 0.1) is 0 Å². The molecule has 0 aliphatic heterocycles. The van der Waals surface area contributed by atoms with Crippen LogP contribution in [0.2, 0.25) is 0 Å². The number of carbonyl (C=O) groups excluding carboxylic acids is 2. The molecule has 2 amide bonds. The van der Waals surface area contributed by atoms with Crippen molar-refractivity contribution in [2.45, 2.75) is 13.5 Å². The molecule has 3 rings (SSSR count). The molecule has 0 bridgehead atoms. The lowest BCUT2D eigenvalue weighted by Gasteiger charge is -2.11. The van der Waals surface area contributed by atoms with Crippen LogP contribution in [0.25, 0.3) is 0 Å². The molecule has 2 aromatic heterocycles. The Morgan fingerprint density at radius 1 is 1.08 bits per heavy atom. The average Bonchev–Trinajstić information content (AvgIpc) is 3.11. The number of nitrogens with zero attached hydrogens (tertiary/aromatic N) is 2. The van der Waals surface area contributed by atoms with E-state index in [1.165, 1.54) is 0 Å². The first-order chi connectivity index (χ1) is 12.7. The van der Waals surface area contributed by atoms with Gasteiger partial charge >= 0.3 is 0 Å². The zero-order valence-electron chi connectivity index (χ0n) is 14.5. The van der Waals surface area contributed by atoms with Crippen LogP contribution in [0.3, 0.4) is 0 Å². The second kappa shape index (κ2) is 8.11. The maximum absolute atomic E-state index is 12.6. The number of rotatable bonds is 6. The molecule has 0 atom stereocenters. The number of nitrogens with one attached hydrogen (secondary N) is 2. The molecule has 26 heavy (non-hydrogen) atoms. The molecule has 0 saturated heterocycles. The van der Waals surface area contributed by atoms with Gasteiger partial charge in [-0.2, -0.15) is 0 Å². The first kappa shape index (κ1) is 17.4. The van der Waals surface area contributed by atoms with E-state index in [4.69, 9.17) is 0 Å². The highest BCUT2D eigenvalue weighted by atomic mass is 16.2. The predicted octanol–water partition coefficient (Wildman–Crippen LogP) is 2.93. The molecule has 0 spiro atoms. The van der Waals surface area contributed by atoms with Gasteiger partial charge in [0.15, 0.2) is 0 Å². The molecule has 3 aromatic rings.